The van der Waals surface area contributed by atoms with Crippen LogP contribution < -0.4 is 10.2 Å². The molecule has 1 amide bonds. The van der Waals surface area contributed by atoms with Crippen LogP contribution in [0.5, 0.6) is 0 Å². The molecule has 0 radical (unpaired) electrons. The van der Waals surface area contributed by atoms with Crippen LogP contribution in [0.3, 0.4) is 0 Å². The summed E-state index contributed by atoms with van der Waals surface area (Å²) in [5, 5.41) is 9.24. The normalized spacial score (nSPS) is 21.7. The number of hydrogen-bond donors (Lipinski definition) is 1. The van der Waals surface area contributed by atoms with Gasteiger partial charge in [0.05, 0.1) is 28.9 Å². The Morgan fingerprint density at radius 3 is 2.43 bits per heavy atom. The standard InChI is InChI=1S/C29H29FN4O/c1-29(2)27(31-17-19-8-9-19)26(20-6-4-3-5-7-20)33(28(29)35)24-14-15-25-21(16-24)18-32-34(25)23-12-10-22(30)11-13-23/h3-7,10-16,18-19,26-27,31H,8-9,17H2,1-2H3. The fourth-order valence-electron chi connectivity index (χ4n) is 5.32. The zero-order valence-corrected chi connectivity index (χ0v) is 20.0. The van der Waals surface area contributed by atoms with E-state index in [2.05, 4.69) is 36.4 Å². The Kier molecular flexibility index (Phi) is 5.22. The second-order valence-electron chi connectivity index (χ2n) is 10.4. The molecule has 2 fully saturated rings. The number of nitrogens with zero attached hydrogens (tertiary/aromatic N) is 3. The van der Waals surface area contributed by atoms with Gasteiger partial charge in [-0.05, 0) is 87.2 Å². The third kappa shape index (κ3) is 3.82. The highest BCUT2D eigenvalue weighted by atomic mass is 19.1. The molecule has 178 valence electrons. The molecule has 6 heteroatoms. The van der Waals surface area contributed by atoms with Crippen LogP contribution in [0.2, 0.25) is 0 Å². The Bertz CT molecular complexity index is 1380. The monoisotopic (exact) mass is 468 g/mol. The van der Waals surface area contributed by atoms with Crippen LogP contribution in [-0.2, 0) is 4.79 Å². The van der Waals surface area contributed by atoms with Gasteiger partial charge in [0.2, 0.25) is 5.91 Å². The van der Waals surface area contributed by atoms with Gasteiger partial charge in [-0.2, -0.15) is 5.10 Å². The summed E-state index contributed by atoms with van der Waals surface area (Å²) in [4.78, 5) is 15.9. The molecule has 2 heterocycles. The first-order chi connectivity index (χ1) is 16.9. The molecule has 35 heavy (non-hydrogen) atoms. The number of carbonyl (C=O) groups excluding carboxylic acids is 1. The van der Waals surface area contributed by atoms with Gasteiger partial charge in [0, 0.05) is 17.1 Å². The second-order valence-corrected chi connectivity index (χ2v) is 10.4. The van der Waals surface area contributed by atoms with Gasteiger partial charge in [-0.25, -0.2) is 9.07 Å². The Balaban J connectivity index is 1.42. The van der Waals surface area contributed by atoms with Crippen molar-refractivity contribution in [2.24, 2.45) is 11.3 Å². The van der Waals surface area contributed by atoms with Crippen molar-refractivity contribution in [3.8, 4) is 5.69 Å². The van der Waals surface area contributed by atoms with Crippen LogP contribution >= 0.6 is 0 Å². The highest BCUT2D eigenvalue weighted by molar-refractivity contribution is 6.03. The summed E-state index contributed by atoms with van der Waals surface area (Å²) < 4.78 is 15.2. The molecule has 1 aromatic heterocycles. The first-order valence-electron chi connectivity index (χ1n) is 12.3. The zero-order valence-electron chi connectivity index (χ0n) is 20.0. The first kappa shape index (κ1) is 22.0. The van der Waals surface area contributed by atoms with E-state index in [0.717, 1.165) is 40.3 Å². The van der Waals surface area contributed by atoms with E-state index in [9.17, 15) is 9.18 Å². The maximum atomic E-state index is 13.9. The fraction of sp³-hybridized carbons (Fsp3) is 0.310. The topological polar surface area (TPSA) is 50.2 Å². The molecule has 1 N–H and O–H groups in total. The number of halogens is 1. The van der Waals surface area contributed by atoms with Crippen LogP contribution in [0.25, 0.3) is 16.6 Å². The van der Waals surface area contributed by atoms with E-state index >= 15 is 0 Å². The lowest BCUT2D eigenvalue weighted by Crippen LogP contribution is -2.44. The van der Waals surface area contributed by atoms with E-state index < -0.39 is 5.41 Å². The van der Waals surface area contributed by atoms with Crippen molar-refractivity contribution in [2.45, 2.75) is 38.8 Å². The van der Waals surface area contributed by atoms with E-state index in [0.29, 0.717) is 0 Å². The van der Waals surface area contributed by atoms with Crippen molar-refractivity contribution in [3.05, 3.63) is 90.4 Å². The average Bonchev–Trinajstić information content (AvgIpc) is 3.56. The Hall–Kier alpha value is -3.51. The van der Waals surface area contributed by atoms with Crippen LogP contribution in [-0.4, -0.2) is 28.3 Å². The Morgan fingerprint density at radius 2 is 1.71 bits per heavy atom. The van der Waals surface area contributed by atoms with Crippen LogP contribution in [0.1, 0.15) is 38.3 Å². The lowest BCUT2D eigenvalue weighted by molar-refractivity contribution is -0.124. The van der Waals surface area contributed by atoms with Crippen molar-refractivity contribution in [3.63, 3.8) is 0 Å². The summed E-state index contributed by atoms with van der Waals surface area (Å²) >= 11 is 0. The lowest BCUT2D eigenvalue weighted by Gasteiger charge is -2.31. The van der Waals surface area contributed by atoms with Gasteiger partial charge in [-0.3, -0.25) is 4.79 Å². The summed E-state index contributed by atoms with van der Waals surface area (Å²) in [5.74, 6) is 0.560. The molecule has 1 saturated heterocycles. The predicted molar refractivity (Wildman–Crippen MR) is 136 cm³/mol. The molecule has 2 unspecified atom stereocenters. The van der Waals surface area contributed by atoms with E-state index in [4.69, 9.17) is 0 Å². The summed E-state index contributed by atoms with van der Waals surface area (Å²) in [7, 11) is 0. The Labute approximate surface area is 204 Å². The van der Waals surface area contributed by atoms with E-state index in [1.54, 1.807) is 23.0 Å². The summed E-state index contributed by atoms with van der Waals surface area (Å²) in [6.07, 6.45) is 4.33. The Morgan fingerprint density at radius 1 is 1.00 bits per heavy atom. The predicted octanol–water partition coefficient (Wildman–Crippen LogP) is 5.65. The maximum Gasteiger partial charge on any atom is 0.234 e. The molecule has 0 bridgehead atoms. The molecule has 1 aliphatic carbocycles. The number of nitrogens with one attached hydrogen (secondary N) is 1. The van der Waals surface area contributed by atoms with Gasteiger partial charge in [0.1, 0.15) is 5.82 Å². The first-order valence-corrected chi connectivity index (χ1v) is 12.3. The minimum atomic E-state index is -0.553. The lowest BCUT2D eigenvalue weighted by atomic mass is 9.82. The average molecular weight is 469 g/mol. The van der Waals surface area contributed by atoms with Crippen molar-refractivity contribution in [2.75, 3.05) is 11.4 Å². The van der Waals surface area contributed by atoms with Gasteiger partial charge < -0.3 is 10.2 Å². The molecule has 4 aromatic rings. The van der Waals surface area contributed by atoms with E-state index in [-0.39, 0.29) is 23.8 Å². The van der Waals surface area contributed by atoms with E-state index in [1.165, 1.54) is 25.0 Å². The molecule has 3 aromatic carbocycles. The molecule has 1 aliphatic heterocycles. The van der Waals surface area contributed by atoms with Crippen LogP contribution in [0, 0.1) is 17.2 Å². The van der Waals surface area contributed by atoms with Gasteiger partial charge in [0.15, 0.2) is 0 Å². The molecule has 5 nitrogen and oxygen atoms in total. The highest BCUT2D eigenvalue weighted by Crippen LogP contribution is 2.47. The van der Waals surface area contributed by atoms with Crippen LogP contribution in [0.4, 0.5) is 10.1 Å². The van der Waals surface area contributed by atoms with Gasteiger partial charge >= 0.3 is 0 Å². The minimum Gasteiger partial charge on any atom is -0.310 e. The van der Waals surface area contributed by atoms with Gasteiger partial charge in [-0.15, -0.1) is 0 Å². The summed E-state index contributed by atoms with van der Waals surface area (Å²) in [5.41, 5.74) is 3.13. The molecular weight excluding hydrogens is 439 g/mol. The smallest absolute Gasteiger partial charge is 0.234 e. The zero-order chi connectivity index (χ0) is 24.2. The number of benzene rings is 3. The van der Waals surface area contributed by atoms with E-state index in [1.807, 2.05) is 41.3 Å². The van der Waals surface area contributed by atoms with Crippen molar-refractivity contribution in [1.82, 2.24) is 15.1 Å². The number of carbonyl (C=O) groups is 1. The van der Waals surface area contributed by atoms with Gasteiger partial charge in [-0.1, -0.05) is 30.3 Å². The number of hydrogen-bond acceptors (Lipinski definition) is 3. The fourth-order valence-corrected chi connectivity index (χ4v) is 5.32. The molecular formula is C29H29FN4O. The molecule has 2 aliphatic rings. The molecule has 6 rings (SSSR count). The number of rotatable bonds is 6. The molecule has 2 atom stereocenters. The van der Waals surface area contributed by atoms with Crippen molar-refractivity contribution >= 4 is 22.5 Å². The number of anilines is 1. The molecule has 1 saturated carbocycles. The number of amides is 1. The SMILES string of the molecule is CC1(C)C(=O)N(c2ccc3c(cnn3-c3ccc(F)cc3)c2)C(c2ccccc2)C1NCC1CC1. The second kappa shape index (κ2) is 8.31. The molecule has 0 spiro atoms. The largest absolute Gasteiger partial charge is 0.310 e. The number of aromatic nitrogens is 2. The summed E-state index contributed by atoms with van der Waals surface area (Å²) in [6.45, 7) is 5.06. The number of fused-ring (bicyclic) bond motifs is 1. The highest BCUT2D eigenvalue weighted by Gasteiger charge is 2.54. The third-order valence-corrected chi connectivity index (χ3v) is 7.51. The third-order valence-electron chi connectivity index (χ3n) is 7.51. The van der Waals surface area contributed by atoms with Gasteiger partial charge in [0.25, 0.3) is 0 Å². The van der Waals surface area contributed by atoms with Crippen LogP contribution in [0.15, 0.2) is 79.0 Å². The maximum absolute atomic E-state index is 13.9. The summed E-state index contributed by atoms with van der Waals surface area (Å²) in [6, 6.07) is 22.5. The quantitative estimate of drug-likeness (QED) is 0.398. The van der Waals surface area contributed by atoms with Crippen molar-refractivity contribution < 1.29 is 9.18 Å². The van der Waals surface area contributed by atoms with Crippen molar-refractivity contribution in [1.29, 1.82) is 0 Å². The minimum absolute atomic E-state index is 0.00404.